The Kier molecular flexibility index (Phi) is 4.65. The summed E-state index contributed by atoms with van der Waals surface area (Å²) in [5.74, 6) is 6.75. The first-order valence-electron chi connectivity index (χ1n) is 6.62. The summed E-state index contributed by atoms with van der Waals surface area (Å²) in [6.45, 7) is 2.13. The zero-order valence-corrected chi connectivity index (χ0v) is 11.5. The third-order valence-electron chi connectivity index (χ3n) is 3.42. The molecule has 102 valence electrons. The van der Waals surface area contributed by atoms with Crippen LogP contribution in [0.1, 0.15) is 36.5 Å². The summed E-state index contributed by atoms with van der Waals surface area (Å²) in [6.07, 6.45) is 8.31. The molecule has 0 bridgehead atoms. The van der Waals surface area contributed by atoms with Gasteiger partial charge in [0.1, 0.15) is 5.82 Å². The first-order valence-corrected chi connectivity index (χ1v) is 6.62. The number of nitrogens with one attached hydrogen (secondary N) is 1. The molecule has 0 aromatic carbocycles. The van der Waals surface area contributed by atoms with Crippen LogP contribution in [0.3, 0.4) is 0 Å². The van der Waals surface area contributed by atoms with E-state index >= 15 is 0 Å². The van der Waals surface area contributed by atoms with E-state index in [2.05, 4.69) is 28.4 Å². The lowest BCUT2D eigenvalue weighted by atomic mass is 10.0. The van der Waals surface area contributed by atoms with Crippen molar-refractivity contribution in [3.8, 4) is 0 Å². The molecule has 1 atom stereocenters. The molecule has 0 aliphatic heterocycles. The summed E-state index contributed by atoms with van der Waals surface area (Å²) in [7, 11) is 2.01. The van der Waals surface area contributed by atoms with E-state index in [1.165, 1.54) is 5.56 Å². The van der Waals surface area contributed by atoms with Crippen LogP contribution in [0.25, 0.3) is 0 Å². The highest BCUT2D eigenvalue weighted by molar-refractivity contribution is 5.22. The molecule has 2 heterocycles. The summed E-state index contributed by atoms with van der Waals surface area (Å²) >= 11 is 0. The van der Waals surface area contributed by atoms with E-state index in [1.54, 1.807) is 0 Å². The highest BCUT2D eigenvalue weighted by Crippen LogP contribution is 2.20. The van der Waals surface area contributed by atoms with Gasteiger partial charge in [-0.05, 0) is 24.5 Å². The first kappa shape index (κ1) is 13.7. The number of aryl methyl sites for hydroxylation is 3. The smallest absolute Gasteiger partial charge is 0.108 e. The number of rotatable bonds is 6. The van der Waals surface area contributed by atoms with Crippen LogP contribution in [0.4, 0.5) is 0 Å². The molecule has 5 heteroatoms. The van der Waals surface area contributed by atoms with Crippen LogP contribution in [0.15, 0.2) is 30.7 Å². The van der Waals surface area contributed by atoms with Crippen LogP contribution in [0.5, 0.6) is 0 Å². The predicted molar refractivity (Wildman–Crippen MR) is 75.2 cm³/mol. The SMILES string of the molecule is CCc1cccnc1C(CCc1nccn1C)NN. The van der Waals surface area contributed by atoms with Crippen LogP contribution in [-0.2, 0) is 19.9 Å². The Morgan fingerprint density at radius 2 is 2.21 bits per heavy atom. The van der Waals surface area contributed by atoms with Gasteiger partial charge in [-0.2, -0.15) is 0 Å². The van der Waals surface area contributed by atoms with Crippen LogP contribution in [0, 0.1) is 0 Å². The molecule has 0 radical (unpaired) electrons. The summed E-state index contributed by atoms with van der Waals surface area (Å²) in [6, 6.07) is 4.13. The Balaban J connectivity index is 2.10. The maximum atomic E-state index is 5.69. The molecule has 0 saturated carbocycles. The number of aromatic nitrogens is 3. The second-order valence-corrected chi connectivity index (χ2v) is 4.61. The Morgan fingerprint density at radius 1 is 1.37 bits per heavy atom. The number of pyridine rings is 1. The molecular weight excluding hydrogens is 238 g/mol. The molecule has 0 aliphatic rings. The van der Waals surface area contributed by atoms with Gasteiger partial charge in [-0.15, -0.1) is 0 Å². The van der Waals surface area contributed by atoms with E-state index in [0.29, 0.717) is 0 Å². The van der Waals surface area contributed by atoms with E-state index in [9.17, 15) is 0 Å². The lowest BCUT2D eigenvalue weighted by Crippen LogP contribution is -2.30. The molecule has 0 amide bonds. The summed E-state index contributed by atoms with van der Waals surface area (Å²) in [5.41, 5.74) is 5.16. The topological polar surface area (TPSA) is 68.8 Å². The van der Waals surface area contributed by atoms with Crippen molar-refractivity contribution in [2.75, 3.05) is 0 Å². The van der Waals surface area contributed by atoms with Gasteiger partial charge in [-0.3, -0.25) is 16.3 Å². The molecular formula is C14H21N5. The monoisotopic (exact) mass is 259 g/mol. The van der Waals surface area contributed by atoms with Crippen molar-refractivity contribution in [2.24, 2.45) is 12.9 Å². The van der Waals surface area contributed by atoms with Gasteiger partial charge in [0.05, 0.1) is 11.7 Å². The zero-order valence-electron chi connectivity index (χ0n) is 11.5. The average Bonchev–Trinajstić information content (AvgIpc) is 2.85. The van der Waals surface area contributed by atoms with Gasteiger partial charge in [0.2, 0.25) is 0 Å². The molecule has 0 fully saturated rings. The normalized spacial score (nSPS) is 12.6. The Morgan fingerprint density at radius 3 is 2.84 bits per heavy atom. The second kappa shape index (κ2) is 6.45. The molecule has 19 heavy (non-hydrogen) atoms. The van der Waals surface area contributed by atoms with Crippen molar-refractivity contribution >= 4 is 0 Å². The number of nitrogens with two attached hydrogens (primary N) is 1. The van der Waals surface area contributed by atoms with Crippen LogP contribution in [-0.4, -0.2) is 14.5 Å². The van der Waals surface area contributed by atoms with Gasteiger partial charge < -0.3 is 4.57 Å². The van der Waals surface area contributed by atoms with Crippen molar-refractivity contribution in [2.45, 2.75) is 32.2 Å². The minimum atomic E-state index is 0.0628. The Bertz CT molecular complexity index is 520. The molecule has 0 saturated heterocycles. The third-order valence-corrected chi connectivity index (χ3v) is 3.42. The van der Waals surface area contributed by atoms with Gasteiger partial charge in [0.15, 0.2) is 0 Å². The van der Waals surface area contributed by atoms with Crippen LogP contribution in [0.2, 0.25) is 0 Å². The Labute approximate surface area is 113 Å². The zero-order chi connectivity index (χ0) is 13.7. The molecule has 2 aromatic rings. The number of hydrazine groups is 1. The largest absolute Gasteiger partial charge is 0.338 e. The van der Waals surface area contributed by atoms with Crippen molar-refractivity contribution in [3.05, 3.63) is 47.8 Å². The fourth-order valence-electron chi connectivity index (χ4n) is 2.27. The van der Waals surface area contributed by atoms with Crippen molar-refractivity contribution in [1.82, 2.24) is 20.0 Å². The molecule has 5 nitrogen and oxygen atoms in total. The molecule has 0 aliphatic carbocycles. The molecule has 3 N–H and O–H groups in total. The van der Waals surface area contributed by atoms with E-state index in [-0.39, 0.29) is 6.04 Å². The maximum Gasteiger partial charge on any atom is 0.108 e. The molecule has 1 unspecified atom stereocenters. The number of nitrogens with zero attached hydrogens (tertiary/aromatic N) is 3. The quantitative estimate of drug-likeness (QED) is 0.609. The van der Waals surface area contributed by atoms with Gasteiger partial charge in [-0.25, -0.2) is 4.98 Å². The van der Waals surface area contributed by atoms with E-state index in [0.717, 1.165) is 30.8 Å². The van der Waals surface area contributed by atoms with Crippen molar-refractivity contribution in [1.29, 1.82) is 0 Å². The van der Waals surface area contributed by atoms with E-state index in [4.69, 9.17) is 5.84 Å². The van der Waals surface area contributed by atoms with Gasteiger partial charge in [0, 0.05) is 32.1 Å². The number of imidazole rings is 1. The van der Waals surface area contributed by atoms with E-state index < -0.39 is 0 Å². The van der Waals surface area contributed by atoms with Crippen LogP contribution < -0.4 is 11.3 Å². The molecule has 0 spiro atoms. The lowest BCUT2D eigenvalue weighted by Gasteiger charge is -2.18. The van der Waals surface area contributed by atoms with Crippen LogP contribution >= 0.6 is 0 Å². The minimum Gasteiger partial charge on any atom is -0.338 e. The maximum absolute atomic E-state index is 5.69. The number of hydrogen-bond acceptors (Lipinski definition) is 4. The average molecular weight is 259 g/mol. The van der Waals surface area contributed by atoms with Gasteiger partial charge >= 0.3 is 0 Å². The lowest BCUT2D eigenvalue weighted by molar-refractivity contribution is 0.492. The van der Waals surface area contributed by atoms with Crippen molar-refractivity contribution < 1.29 is 0 Å². The van der Waals surface area contributed by atoms with E-state index in [1.807, 2.05) is 36.3 Å². The van der Waals surface area contributed by atoms with Gasteiger partial charge in [-0.1, -0.05) is 13.0 Å². The highest BCUT2D eigenvalue weighted by atomic mass is 15.2. The number of hydrogen-bond donors (Lipinski definition) is 2. The minimum absolute atomic E-state index is 0.0628. The summed E-state index contributed by atoms with van der Waals surface area (Å²) in [5, 5.41) is 0. The fraction of sp³-hybridized carbons (Fsp3) is 0.429. The second-order valence-electron chi connectivity index (χ2n) is 4.61. The highest BCUT2D eigenvalue weighted by Gasteiger charge is 2.15. The standard InChI is InChI=1S/C14H21N5/c1-3-11-5-4-8-17-14(11)12(18-15)6-7-13-16-9-10-19(13)2/h4-5,8-10,12,18H,3,6-7,15H2,1-2H3. The summed E-state index contributed by atoms with van der Waals surface area (Å²) < 4.78 is 2.03. The fourth-order valence-corrected chi connectivity index (χ4v) is 2.27. The predicted octanol–water partition coefficient (Wildman–Crippen LogP) is 1.51. The first-order chi connectivity index (χ1) is 9.26. The van der Waals surface area contributed by atoms with Crippen molar-refractivity contribution in [3.63, 3.8) is 0 Å². The Hall–Kier alpha value is -1.72. The van der Waals surface area contributed by atoms with Gasteiger partial charge in [0.25, 0.3) is 0 Å². The summed E-state index contributed by atoms with van der Waals surface area (Å²) in [4.78, 5) is 8.81. The molecule has 2 rings (SSSR count). The third kappa shape index (κ3) is 3.19. The molecule has 2 aromatic heterocycles.